The summed E-state index contributed by atoms with van der Waals surface area (Å²) in [6, 6.07) is 5.23. The third-order valence-electron chi connectivity index (χ3n) is 5.23. The number of methoxy groups -OCH3 is 2. The summed E-state index contributed by atoms with van der Waals surface area (Å²) in [4.78, 5) is 29.2. The molecule has 1 saturated heterocycles. The maximum absolute atomic E-state index is 13.0. The minimum atomic E-state index is -0.296. The minimum Gasteiger partial charge on any atom is -0.493 e. The Morgan fingerprint density at radius 3 is 2.52 bits per heavy atom. The van der Waals surface area contributed by atoms with E-state index in [1.165, 1.54) is 12.0 Å². The Morgan fingerprint density at radius 1 is 1.15 bits per heavy atom. The van der Waals surface area contributed by atoms with Crippen molar-refractivity contribution in [3.05, 3.63) is 29.5 Å². The van der Waals surface area contributed by atoms with Crippen LogP contribution in [0.25, 0.3) is 5.57 Å². The molecule has 2 heterocycles. The molecule has 0 spiro atoms. The lowest BCUT2D eigenvalue weighted by Gasteiger charge is -2.34. The standard InChI is InChI=1S/C20H26N2O5/c1-4-22-19(24)17(14-7-8-15(26-2)16(10-14)27-3)18(20(22)25)21-9-5-6-13(11-21)12-23/h7-8,10,13,23H,4-6,9,11-12H2,1-3H3. The second-order valence-corrected chi connectivity index (χ2v) is 6.78. The summed E-state index contributed by atoms with van der Waals surface area (Å²) in [6.07, 6.45) is 1.80. The topological polar surface area (TPSA) is 79.3 Å². The van der Waals surface area contributed by atoms with Crippen molar-refractivity contribution in [2.45, 2.75) is 19.8 Å². The van der Waals surface area contributed by atoms with E-state index >= 15 is 0 Å². The third kappa shape index (κ3) is 3.39. The van der Waals surface area contributed by atoms with E-state index < -0.39 is 0 Å². The summed E-state index contributed by atoms with van der Waals surface area (Å²) < 4.78 is 10.6. The van der Waals surface area contributed by atoms with Crippen molar-refractivity contribution in [2.24, 2.45) is 5.92 Å². The highest BCUT2D eigenvalue weighted by atomic mass is 16.5. The van der Waals surface area contributed by atoms with Crippen molar-refractivity contribution >= 4 is 17.4 Å². The molecule has 3 rings (SSSR count). The molecule has 7 nitrogen and oxygen atoms in total. The van der Waals surface area contributed by atoms with Crippen LogP contribution in [0.1, 0.15) is 25.3 Å². The largest absolute Gasteiger partial charge is 0.493 e. The molecule has 7 heteroatoms. The summed E-state index contributed by atoms with van der Waals surface area (Å²) in [7, 11) is 3.08. The number of likely N-dealkylation sites (tertiary alicyclic amines) is 1. The number of hydrogen-bond donors (Lipinski definition) is 1. The molecule has 146 valence electrons. The zero-order chi connectivity index (χ0) is 19.6. The van der Waals surface area contributed by atoms with E-state index in [0.29, 0.717) is 48.0 Å². The molecule has 1 fully saturated rings. The van der Waals surface area contributed by atoms with Crippen LogP contribution in [0.2, 0.25) is 0 Å². The fourth-order valence-corrected chi connectivity index (χ4v) is 3.81. The summed E-state index contributed by atoms with van der Waals surface area (Å²) in [6.45, 7) is 3.44. The molecule has 1 atom stereocenters. The first-order valence-electron chi connectivity index (χ1n) is 9.24. The zero-order valence-electron chi connectivity index (χ0n) is 16.0. The molecule has 0 radical (unpaired) electrons. The van der Waals surface area contributed by atoms with E-state index in [1.807, 2.05) is 4.90 Å². The van der Waals surface area contributed by atoms with Crippen molar-refractivity contribution < 1.29 is 24.2 Å². The Morgan fingerprint density at radius 2 is 1.89 bits per heavy atom. The normalized spacial score (nSPS) is 20.5. The third-order valence-corrected chi connectivity index (χ3v) is 5.23. The van der Waals surface area contributed by atoms with Crippen molar-refractivity contribution in [3.8, 4) is 11.5 Å². The number of rotatable bonds is 6. The number of likely N-dealkylation sites (N-methyl/N-ethyl adjacent to an activating group) is 1. The second-order valence-electron chi connectivity index (χ2n) is 6.78. The number of amides is 2. The molecular weight excluding hydrogens is 348 g/mol. The van der Waals surface area contributed by atoms with Gasteiger partial charge in [-0.2, -0.15) is 0 Å². The number of carbonyl (C=O) groups excluding carboxylic acids is 2. The van der Waals surface area contributed by atoms with Crippen LogP contribution >= 0.6 is 0 Å². The number of imide groups is 1. The molecular formula is C20H26N2O5. The van der Waals surface area contributed by atoms with Gasteiger partial charge in [0.2, 0.25) is 0 Å². The van der Waals surface area contributed by atoms with Crippen LogP contribution in [0.3, 0.4) is 0 Å². The maximum Gasteiger partial charge on any atom is 0.277 e. The van der Waals surface area contributed by atoms with Gasteiger partial charge in [0.05, 0.1) is 19.8 Å². The molecule has 0 bridgehead atoms. The lowest BCUT2D eigenvalue weighted by Crippen LogP contribution is -2.40. The Hall–Kier alpha value is -2.54. The van der Waals surface area contributed by atoms with Gasteiger partial charge in [0.1, 0.15) is 5.70 Å². The lowest BCUT2D eigenvalue weighted by atomic mass is 9.96. The van der Waals surface area contributed by atoms with Crippen molar-refractivity contribution in [1.29, 1.82) is 0 Å². The van der Waals surface area contributed by atoms with Crippen LogP contribution in [0.5, 0.6) is 11.5 Å². The molecule has 1 aromatic rings. The first-order chi connectivity index (χ1) is 13.0. The highest BCUT2D eigenvalue weighted by Crippen LogP contribution is 2.37. The quantitative estimate of drug-likeness (QED) is 0.761. The Balaban J connectivity index is 2.10. The van der Waals surface area contributed by atoms with Gasteiger partial charge in [0.15, 0.2) is 11.5 Å². The molecule has 0 aromatic heterocycles. The van der Waals surface area contributed by atoms with Gasteiger partial charge in [-0.3, -0.25) is 14.5 Å². The SMILES string of the molecule is CCN1C(=O)C(c2ccc(OC)c(OC)c2)=C(N2CCCC(CO)C2)C1=O. The van der Waals surface area contributed by atoms with E-state index in [2.05, 4.69) is 0 Å². The van der Waals surface area contributed by atoms with Gasteiger partial charge in [0.25, 0.3) is 11.8 Å². The predicted molar refractivity (Wildman–Crippen MR) is 100 cm³/mol. The van der Waals surface area contributed by atoms with E-state index in [1.54, 1.807) is 32.2 Å². The van der Waals surface area contributed by atoms with Gasteiger partial charge in [-0.05, 0) is 43.4 Å². The van der Waals surface area contributed by atoms with Crippen LogP contribution in [-0.4, -0.2) is 67.2 Å². The summed E-state index contributed by atoms with van der Waals surface area (Å²) in [5.74, 6) is 0.605. The predicted octanol–water partition coefficient (Wildman–Crippen LogP) is 1.51. The zero-order valence-corrected chi connectivity index (χ0v) is 16.0. The summed E-state index contributed by atoms with van der Waals surface area (Å²) in [5.41, 5.74) is 1.44. The molecule has 0 saturated carbocycles. The van der Waals surface area contributed by atoms with E-state index in [4.69, 9.17) is 9.47 Å². The number of aliphatic hydroxyl groups excluding tert-OH is 1. The van der Waals surface area contributed by atoms with Crippen molar-refractivity contribution in [3.63, 3.8) is 0 Å². The highest BCUT2D eigenvalue weighted by Gasteiger charge is 2.41. The van der Waals surface area contributed by atoms with Gasteiger partial charge in [-0.15, -0.1) is 0 Å². The monoisotopic (exact) mass is 374 g/mol. The van der Waals surface area contributed by atoms with Crippen molar-refractivity contribution in [1.82, 2.24) is 9.80 Å². The summed E-state index contributed by atoms with van der Waals surface area (Å²) >= 11 is 0. The smallest absolute Gasteiger partial charge is 0.277 e. The van der Waals surface area contributed by atoms with Gasteiger partial charge < -0.3 is 19.5 Å². The van der Waals surface area contributed by atoms with Gasteiger partial charge in [-0.1, -0.05) is 6.07 Å². The van der Waals surface area contributed by atoms with Crippen LogP contribution in [0, 0.1) is 5.92 Å². The Bertz CT molecular complexity index is 774. The number of aliphatic hydroxyl groups is 1. The van der Waals surface area contributed by atoms with Crippen LogP contribution in [0.15, 0.2) is 23.9 Å². The fraction of sp³-hybridized carbons (Fsp3) is 0.500. The molecule has 2 aliphatic heterocycles. The van der Waals surface area contributed by atoms with Crippen LogP contribution in [0.4, 0.5) is 0 Å². The molecule has 1 unspecified atom stereocenters. The minimum absolute atomic E-state index is 0.0785. The molecule has 27 heavy (non-hydrogen) atoms. The Labute approximate surface area is 159 Å². The first-order valence-corrected chi connectivity index (χ1v) is 9.24. The number of ether oxygens (including phenoxy) is 2. The molecule has 2 amide bonds. The van der Waals surface area contributed by atoms with Gasteiger partial charge in [-0.25, -0.2) is 0 Å². The number of hydrogen-bond acceptors (Lipinski definition) is 6. The van der Waals surface area contributed by atoms with Crippen LogP contribution < -0.4 is 9.47 Å². The summed E-state index contributed by atoms with van der Waals surface area (Å²) in [5, 5.41) is 9.54. The van der Waals surface area contributed by atoms with E-state index in [9.17, 15) is 14.7 Å². The second kappa shape index (κ2) is 8.00. The number of benzene rings is 1. The maximum atomic E-state index is 13.0. The average molecular weight is 374 g/mol. The lowest BCUT2D eigenvalue weighted by molar-refractivity contribution is -0.137. The van der Waals surface area contributed by atoms with Gasteiger partial charge in [0, 0.05) is 26.2 Å². The average Bonchev–Trinajstić information content (AvgIpc) is 2.96. The van der Waals surface area contributed by atoms with Crippen molar-refractivity contribution in [2.75, 3.05) is 40.5 Å². The number of piperidine rings is 1. The molecule has 1 N–H and O–H groups in total. The highest BCUT2D eigenvalue weighted by molar-refractivity contribution is 6.35. The first kappa shape index (κ1) is 19.2. The van der Waals surface area contributed by atoms with Gasteiger partial charge >= 0.3 is 0 Å². The van der Waals surface area contributed by atoms with E-state index in [-0.39, 0.29) is 24.3 Å². The Kier molecular flexibility index (Phi) is 5.70. The molecule has 2 aliphatic rings. The molecule has 1 aromatic carbocycles. The fourth-order valence-electron chi connectivity index (χ4n) is 3.81. The van der Waals surface area contributed by atoms with Crippen LogP contribution in [-0.2, 0) is 9.59 Å². The molecule has 0 aliphatic carbocycles. The van der Waals surface area contributed by atoms with E-state index in [0.717, 1.165) is 12.8 Å². The number of carbonyl (C=O) groups is 2. The number of nitrogens with zero attached hydrogens (tertiary/aromatic N) is 2.